The van der Waals surface area contributed by atoms with Crippen LogP contribution in [0.1, 0.15) is 56.8 Å². The van der Waals surface area contributed by atoms with Crippen LogP contribution in [0.15, 0.2) is 12.4 Å². The molecule has 1 aromatic rings. The van der Waals surface area contributed by atoms with Crippen molar-refractivity contribution in [1.82, 2.24) is 9.78 Å². The number of ether oxygens (including phenoxy) is 1. The summed E-state index contributed by atoms with van der Waals surface area (Å²) in [4.78, 5) is 23.6. The van der Waals surface area contributed by atoms with Crippen LogP contribution in [-0.2, 0) is 15.1 Å². The summed E-state index contributed by atoms with van der Waals surface area (Å²) in [6.07, 6.45) is 5.56. The summed E-state index contributed by atoms with van der Waals surface area (Å²) in [5, 5.41) is 4.15. The number of rotatable bonds is 2. The topological polar surface area (TPSA) is 61.2 Å². The zero-order chi connectivity index (χ0) is 14.0. The lowest BCUT2D eigenvalue weighted by molar-refractivity contribution is -0.129. The average molecular weight is 264 g/mol. The van der Waals surface area contributed by atoms with E-state index in [1.165, 1.54) is 6.20 Å². The third-order valence-electron chi connectivity index (χ3n) is 3.25. The third-order valence-corrected chi connectivity index (χ3v) is 3.25. The Balaban J connectivity index is 2.04. The molecule has 5 heteroatoms. The van der Waals surface area contributed by atoms with Gasteiger partial charge in [0.1, 0.15) is 0 Å². The lowest BCUT2D eigenvalue weighted by Gasteiger charge is -2.20. The van der Waals surface area contributed by atoms with Crippen LogP contribution in [0.2, 0.25) is 0 Å². The second kappa shape index (κ2) is 5.15. The maximum absolute atomic E-state index is 12.0. The van der Waals surface area contributed by atoms with Gasteiger partial charge in [-0.15, -0.1) is 0 Å². The SMILES string of the molecule is CC(C)(C)n1cc(C(=O)OC2CCCCC2=O)cn1. The summed E-state index contributed by atoms with van der Waals surface area (Å²) in [7, 11) is 0. The first-order valence-corrected chi connectivity index (χ1v) is 6.67. The van der Waals surface area contributed by atoms with E-state index in [0.29, 0.717) is 18.4 Å². The average Bonchev–Trinajstić information content (AvgIpc) is 2.81. The Labute approximate surface area is 112 Å². The lowest BCUT2D eigenvalue weighted by Crippen LogP contribution is -2.30. The van der Waals surface area contributed by atoms with Gasteiger partial charge in [0.05, 0.1) is 17.3 Å². The van der Waals surface area contributed by atoms with Crippen LogP contribution in [-0.4, -0.2) is 27.6 Å². The smallest absolute Gasteiger partial charge is 0.342 e. The van der Waals surface area contributed by atoms with Gasteiger partial charge in [0.2, 0.25) is 0 Å². The molecular weight excluding hydrogens is 244 g/mol. The normalized spacial score (nSPS) is 20.4. The predicted octanol–water partition coefficient (Wildman–Crippen LogP) is 2.31. The fraction of sp³-hybridized carbons (Fsp3) is 0.643. The Kier molecular flexibility index (Phi) is 3.73. The molecule has 0 spiro atoms. The molecule has 0 aromatic carbocycles. The van der Waals surface area contributed by atoms with Crippen LogP contribution in [0.3, 0.4) is 0 Å². The molecule has 0 aliphatic heterocycles. The van der Waals surface area contributed by atoms with E-state index >= 15 is 0 Å². The minimum atomic E-state index is -0.570. The van der Waals surface area contributed by atoms with E-state index < -0.39 is 12.1 Å². The van der Waals surface area contributed by atoms with Crippen LogP contribution in [0.25, 0.3) is 0 Å². The molecule has 1 aromatic heterocycles. The molecule has 0 N–H and O–H groups in total. The van der Waals surface area contributed by atoms with Crippen molar-refractivity contribution in [1.29, 1.82) is 0 Å². The van der Waals surface area contributed by atoms with Crippen molar-refractivity contribution in [3.63, 3.8) is 0 Å². The van der Waals surface area contributed by atoms with Crippen LogP contribution < -0.4 is 0 Å². The van der Waals surface area contributed by atoms with Crippen LogP contribution in [0.4, 0.5) is 0 Å². The maximum atomic E-state index is 12.0. The van der Waals surface area contributed by atoms with Gasteiger partial charge in [-0.2, -0.15) is 5.10 Å². The molecule has 1 saturated carbocycles. The first kappa shape index (κ1) is 13.8. The van der Waals surface area contributed by atoms with Crippen molar-refractivity contribution in [2.24, 2.45) is 0 Å². The van der Waals surface area contributed by atoms with Crippen LogP contribution in [0.5, 0.6) is 0 Å². The monoisotopic (exact) mass is 264 g/mol. The number of carbonyl (C=O) groups is 2. The largest absolute Gasteiger partial charge is 0.451 e. The first-order valence-electron chi connectivity index (χ1n) is 6.67. The molecule has 1 unspecified atom stereocenters. The fourth-order valence-corrected chi connectivity index (χ4v) is 2.07. The molecule has 0 amide bonds. The van der Waals surface area contributed by atoms with Crippen molar-refractivity contribution in [2.75, 3.05) is 0 Å². The van der Waals surface area contributed by atoms with Crippen molar-refractivity contribution in [3.05, 3.63) is 18.0 Å². The Morgan fingerprint density at radius 2 is 2.16 bits per heavy atom. The molecule has 19 heavy (non-hydrogen) atoms. The van der Waals surface area contributed by atoms with Gasteiger partial charge in [0, 0.05) is 12.6 Å². The molecule has 0 saturated heterocycles. The molecule has 1 fully saturated rings. The number of nitrogens with zero attached hydrogens (tertiary/aromatic N) is 2. The summed E-state index contributed by atoms with van der Waals surface area (Å²) < 4.78 is 6.99. The second-order valence-electron chi connectivity index (χ2n) is 5.95. The summed E-state index contributed by atoms with van der Waals surface area (Å²) in [5.41, 5.74) is 0.215. The molecule has 104 valence electrons. The zero-order valence-electron chi connectivity index (χ0n) is 11.7. The zero-order valence-corrected chi connectivity index (χ0v) is 11.7. The molecule has 2 rings (SSSR count). The quantitative estimate of drug-likeness (QED) is 0.769. The van der Waals surface area contributed by atoms with Crippen LogP contribution in [0, 0.1) is 0 Å². The summed E-state index contributed by atoms with van der Waals surface area (Å²) in [5.74, 6) is -0.432. The van der Waals surface area contributed by atoms with E-state index in [-0.39, 0.29) is 11.3 Å². The minimum absolute atomic E-state index is 0.0304. The van der Waals surface area contributed by atoms with E-state index in [1.54, 1.807) is 10.9 Å². The highest BCUT2D eigenvalue weighted by Crippen LogP contribution is 2.19. The van der Waals surface area contributed by atoms with Gasteiger partial charge in [0.15, 0.2) is 11.9 Å². The predicted molar refractivity (Wildman–Crippen MR) is 69.9 cm³/mol. The first-order chi connectivity index (χ1) is 8.88. The summed E-state index contributed by atoms with van der Waals surface area (Å²) in [6.45, 7) is 6.00. The minimum Gasteiger partial charge on any atom is -0.451 e. The summed E-state index contributed by atoms with van der Waals surface area (Å²) in [6, 6.07) is 0. The van der Waals surface area contributed by atoms with Gasteiger partial charge < -0.3 is 4.74 Å². The number of hydrogen-bond donors (Lipinski definition) is 0. The van der Waals surface area contributed by atoms with Crippen molar-refractivity contribution >= 4 is 11.8 Å². The molecule has 1 heterocycles. The number of Topliss-reactive ketones (excluding diaryl/α,β-unsaturated/α-hetero) is 1. The second-order valence-corrected chi connectivity index (χ2v) is 5.95. The molecule has 1 atom stereocenters. The van der Waals surface area contributed by atoms with E-state index in [4.69, 9.17) is 4.74 Å². The Hall–Kier alpha value is -1.65. The van der Waals surface area contributed by atoms with E-state index in [0.717, 1.165) is 12.8 Å². The molecular formula is C14H20N2O3. The highest BCUT2D eigenvalue weighted by molar-refractivity contribution is 5.92. The molecule has 5 nitrogen and oxygen atoms in total. The van der Waals surface area contributed by atoms with Crippen molar-refractivity contribution in [3.8, 4) is 0 Å². The summed E-state index contributed by atoms with van der Waals surface area (Å²) >= 11 is 0. The van der Waals surface area contributed by atoms with Crippen molar-refractivity contribution < 1.29 is 14.3 Å². The Morgan fingerprint density at radius 3 is 2.74 bits per heavy atom. The van der Waals surface area contributed by atoms with Gasteiger partial charge in [-0.05, 0) is 40.0 Å². The van der Waals surface area contributed by atoms with Gasteiger partial charge in [0.25, 0.3) is 0 Å². The van der Waals surface area contributed by atoms with Crippen molar-refractivity contribution in [2.45, 2.75) is 58.1 Å². The molecule has 0 radical (unpaired) electrons. The Morgan fingerprint density at radius 1 is 1.42 bits per heavy atom. The number of hydrogen-bond acceptors (Lipinski definition) is 4. The maximum Gasteiger partial charge on any atom is 0.342 e. The third kappa shape index (κ3) is 3.22. The standard InChI is InChI=1S/C14H20N2O3/c1-14(2,3)16-9-10(8-15-16)13(18)19-12-7-5-4-6-11(12)17/h8-9,12H,4-7H2,1-3H3. The van der Waals surface area contributed by atoms with Gasteiger partial charge in [-0.25, -0.2) is 4.79 Å². The van der Waals surface area contributed by atoms with E-state index in [2.05, 4.69) is 5.10 Å². The number of ketones is 1. The van der Waals surface area contributed by atoms with E-state index in [1.807, 2.05) is 20.8 Å². The molecule has 1 aliphatic carbocycles. The Bertz CT molecular complexity index is 485. The number of aromatic nitrogens is 2. The number of carbonyl (C=O) groups excluding carboxylic acids is 2. The highest BCUT2D eigenvalue weighted by atomic mass is 16.5. The van der Waals surface area contributed by atoms with E-state index in [9.17, 15) is 9.59 Å². The highest BCUT2D eigenvalue weighted by Gasteiger charge is 2.27. The van der Waals surface area contributed by atoms with Gasteiger partial charge in [-0.3, -0.25) is 9.48 Å². The van der Waals surface area contributed by atoms with Crippen LogP contribution >= 0.6 is 0 Å². The lowest BCUT2D eigenvalue weighted by atomic mass is 9.96. The number of esters is 1. The van der Waals surface area contributed by atoms with Gasteiger partial charge >= 0.3 is 5.97 Å². The molecule has 1 aliphatic rings. The molecule has 0 bridgehead atoms. The van der Waals surface area contributed by atoms with Gasteiger partial charge in [-0.1, -0.05) is 0 Å². The fourth-order valence-electron chi connectivity index (χ4n) is 2.07.